The third-order valence-electron chi connectivity index (χ3n) is 7.24. The van der Waals surface area contributed by atoms with Gasteiger partial charge in [-0.15, -0.1) is 0 Å². The van der Waals surface area contributed by atoms with Crippen molar-refractivity contribution in [3.05, 3.63) is 95.2 Å². The summed E-state index contributed by atoms with van der Waals surface area (Å²) in [6.45, 7) is 2.03. The molecule has 0 spiro atoms. The van der Waals surface area contributed by atoms with Gasteiger partial charge in [-0.2, -0.15) is 13.2 Å². The zero-order valence-electron chi connectivity index (χ0n) is 22.9. The summed E-state index contributed by atoms with van der Waals surface area (Å²) in [6, 6.07) is 17.1. The highest BCUT2D eigenvalue weighted by atomic mass is 32.2. The van der Waals surface area contributed by atoms with Crippen LogP contribution in [0.2, 0.25) is 0 Å². The van der Waals surface area contributed by atoms with Crippen molar-refractivity contribution in [3.63, 3.8) is 0 Å². The van der Waals surface area contributed by atoms with Gasteiger partial charge in [0.1, 0.15) is 12.4 Å². The van der Waals surface area contributed by atoms with Gasteiger partial charge < -0.3 is 10.1 Å². The number of hydrogen-bond donors (Lipinski definition) is 2. The molecule has 0 saturated heterocycles. The van der Waals surface area contributed by atoms with Gasteiger partial charge in [-0.3, -0.25) is 14.5 Å². The minimum atomic E-state index is -4.61. The fraction of sp³-hybridized carbons (Fsp3) is 0.290. The molecule has 1 saturated carbocycles. The van der Waals surface area contributed by atoms with Gasteiger partial charge in [0.2, 0.25) is 0 Å². The molecule has 1 heterocycles. The lowest BCUT2D eigenvalue weighted by molar-refractivity contribution is -0.137. The molecule has 0 bridgehead atoms. The van der Waals surface area contributed by atoms with Crippen LogP contribution in [0.1, 0.15) is 59.3 Å². The summed E-state index contributed by atoms with van der Waals surface area (Å²) >= 11 is 0. The average Bonchev–Trinajstić information content (AvgIpc) is 2.96. The number of aromatic nitrogens is 1. The van der Waals surface area contributed by atoms with E-state index in [1.165, 1.54) is 12.1 Å². The number of hydrogen-bond acceptors (Lipinski definition) is 5. The Bertz CT molecular complexity index is 1700. The molecule has 0 aliphatic heterocycles. The number of carbonyl (C=O) groups is 1. The Balaban J connectivity index is 1.44. The standard InChI is InChI=1S/C31H30F3N3O4S/c1-20-17-21(26-9-5-6-10-28(26)35-20)19-41-24-13-16-27(30(38)36-23-7-3-2-4-8-23)29(18-24)37-42(39,40)25-14-11-22(12-15-25)31(32,33)34/h5-6,9-18,23,37H,2-4,7-8,19H2,1H3,(H,36,38). The first-order chi connectivity index (χ1) is 20.0. The third kappa shape index (κ3) is 6.84. The number of ether oxygens (including phenoxy) is 1. The number of fused-ring (bicyclic) bond motifs is 1. The van der Waals surface area contributed by atoms with E-state index < -0.39 is 27.7 Å². The summed E-state index contributed by atoms with van der Waals surface area (Å²) in [5.74, 6) is -0.151. The number of halogens is 3. The van der Waals surface area contributed by atoms with Gasteiger partial charge in [-0.05, 0) is 68.3 Å². The summed E-state index contributed by atoms with van der Waals surface area (Å²) in [5, 5.41) is 3.89. The van der Waals surface area contributed by atoms with Crippen molar-refractivity contribution in [1.29, 1.82) is 0 Å². The van der Waals surface area contributed by atoms with Crippen molar-refractivity contribution in [2.75, 3.05) is 4.72 Å². The second-order valence-electron chi connectivity index (χ2n) is 10.4. The van der Waals surface area contributed by atoms with E-state index in [1.807, 2.05) is 37.3 Å². The number of para-hydroxylation sites is 1. The summed E-state index contributed by atoms with van der Waals surface area (Å²) in [4.78, 5) is 17.4. The van der Waals surface area contributed by atoms with Crippen molar-refractivity contribution >= 4 is 32.5 Å². The topological polar surface area (TPSA) is 97.4 Å². The van der Waals surface area contributed by atoms with E-state index >= 15 is 0 Å². The Morgan fingerprint density at radius 2 is 1.69 bits per heavy atom. The molecule has 11 heteroatoms. The van der Waals surface area contributed by atoms with Crippen LogP contribution in [0.15, 0.2) is 77.7 Å². The molecule has 1 amide bonds. The van der Waals surface area contributed by atoms with Crippen LogP contribution in [0.3, 0.4) is 0 Å². The lowest BCUT2D eigenvalue weighted by Crippen LogP contribution is -2.36. The number of benzene rings is 3. The summed E-state index contributed by atoms with van der Waals surface area (Å²) in [6.07, 6.45) is 0.146. The Kier molecular flexibility index (Phi) is 8.40. The van der Waals surface area contributed by atoms with Crippen LogP contribution in [0.5, 0.6) is 5.75 Å². The molecule has 220 valence electrons. The van der Waals surface area contributed by atoms with E-state index in [1.54, 1.807) is 6.07 Å². The fourth-order valence-electron chi connectivity index (χ4n) is 5.11. The Labute approximate surface area is 242 Å². The SMILES string of the molecule is Cc1cc(COc2ccc(C(=O)NC3CCCCC3)c(NS(=O)(=O)c3ccc(C(F)(F)F)cc3)c2)c2ccccc2n1. The zero-order valence-corrected chi connectivity index (χ0v) is 23.7. The second-order valence-corrected chi connectivity index (χ2v) is 12.1. The number of pyridine rings is 1. The van der Waals surface area contributed by atoms with Crippen LogP contribution >= 0.6 is 0 Å². The number of alkyl halides is 3. The minimum Gasteiger partial charge on any atom is -0.489 e. The van der Waals surface area contributed by atoms with Crippen molar-refractivity contribution < 1.29 is 31.1 Å². The van der Waals surface area contributed by atoms with Crippen molar-refractivity contribution in [1.82, 2.24) is 10.3 Å². The van der Waals surface area contributed by atoms with Gasteiger partial charge in [0.05, 0.1) is 27.2 Å². The molecule has 7 nitrogen and oxygen atoms in total. The minimum absolute atomic E-state index is 0.0234. The van der Waals surface area contributed by atoms with E-state index in [4.69, 9.17) is 4.74 Å². The molecule has 2 N–H and O–H groups in total. The lowest BCUT2D eigenvalue weighted by atomic mass is 9.95. The molecule has 1 aliphatic carbocycles. The maximum absolute atomic E-state index is 13.3. The third-order valence-corrected chi connectivity index (χ3v) is 8.62. The first-order valence-electron chi connectivity index (χ1n) is 13.6. The maximum atomic E-state index is 13.3. The predicted molar refractivity (Wildman–Crippen MR) is 154 cm³/mol. The van der Waals surface area contributed by atoms with E-state index in [2.05, 4.69) is 15.0 Å². The summed E-state index contributed by atoms with van der Waals surface area (Å²) < 4.78 is 73.9. The fourth-order valence-corrected chi connectivity index (χ4v) is 6.18. The molecule has 3 aromatic carbocycles. The normalized spacial score (nSPS) is 14.5. The summed E-state index contributed by atoms with van der Waals surface area (Å²) in [7, 11) is -4.34. The molecule has 42 heavy (non-hydrogen) atoms. The number of rotatable bonds is 8. The first kappa shape index (κ1) is 29.4. The molecule has 1 aliphatic rings. The van der Waals surface area contributed by atoms with Gasteiger partial charge in [-0.25, -0.2) is 8.42 Å². The Morgan fingerprint density at radius 3 is 2.40 bits per heavy atom. The predicted octanol–water partition coefficient (Wildman–Crippen LogP) is 7.00. The molecule has 4 aromatic rings. The van der Waals surface area contributed by atoms with Crippen molar-refractivity contribution in [3.8, 4) is 5.75 Å². The van der Waals surface area contributed by atoms with E-state index in [9.17, 15) is 26.4 Å². The maximum Gasteiger partial charge on any atom is 0.416 e. The number of sulfonamides is 1. The highest BCUT2D eigenvalue weighted by Gasteiger charge is 2.31. The Morgan fingerprint density at radius 1 is 0.976 bits per heavy atom. The van der Waals surface area contributed by atoms with Crippen LogP contribution in [0.25, 0.3) is 10.9 Å². The van der Waals surface area contributed by atoms with E-state index in [0.717, 1.165) is 66.4 Å². The highest BCUT2D eigenvalue weighted by Crippen LogP contribution is 2.31. The number of carbonyl (C=O) groups excluding carboxylic acids is 1. The number of amides is 1. The highest BCUT2D eigenvalue weighted by molar-refractivity contribution is 7.92. The monoisotopic (exact) mass is 597 g/mol. The van der Waals surface area contributed by atoms with Gasteiger partial charge >= 0.3 is 6.18 Å². The second kappa shape index (κ2) is 12.0. The van der Waals surface area contributed by atoms with Crippen LogP contribution in [-0.4, -0.2) is 25.4 Å². The smallest absolute Gasteiger partial charge is 0.416 e. The molecule has 1 fully saturated rings. The van der Waals surface area contributed by atoms with E-state index in [0.29, 0.717) is 17.9 Å². The lowest BCUT2D eigenvalue weighted by Gasteiger charge is -2.23. The van der Waals surface area contributed by atoms with E-state index in [-0.39, 0.29) is 28.8 Å². The molecule has 1 aromatic heterocycles. The van der Waals surface area contributed by atoms with Crippen LogP contribution in [0.4, 0.5) is 18.9 Å². The largest absolute Gasteiger partial charge is 0.489 e. The molecule has 0 radical (unpaired) electrons. The average molecular weight is 598 g/mol. The molecule has 0 unspecified atom stereocenters. The van der Waals surface area contributed by atoms with Gasteiger partial charge in [0.15, 0.2) is 0 Å². The summed E-state index contributed by atoms with van der Waals surface area (Å²) in [5.41, 5.74) is 1.57. The molecule has 0 atom stereocenters. The van der Waals surface area contributed by atoms with Crippen molar-refractivity contribution in [2.45, 2.75) is 62.7 Å². The number of anilines is 1. The van der Waals surface area contributed by atoms with Gasteiger partial charge in [0, 0.05) is 28.8 Å². The van der Waals surface area contributed by atoms with Crippen LogP contribution < -0.4 is 14.8 Å². The molecular formula is C31H30F3N3O4S. The van der Waals surface area contributed by atoms with Crippen LogP contribution in [0, 0.1) is 6.92 Å². The number of nitrogens with one attached hydrogen (secondary N) is 2. The van der Waals surface area contributed by atoms with Gasteiger partial charge in [0.25, 0.3) is 15.9 Å². The quantitative estimate of drug-likeness (QED) is 0.228. The van der Waals surface area contributed by atoms with Crippen LogP contribution in [-0.2, 0) is 22.8 Å². The van der Waals surface area contributed by atoms with Gasteiger partial charge in [-0.1, -0.05) is 37.5 Å². The van der Waals surface area contributed by atoms with Crippen molar-refractivity contribution in [2.24, 2.45) is 0 Å². The zero-order chi connectivity index (χ0) is 29.9. The molecular weight excluding hydrogens is 567 g/mol. The first-order valence-corrected chi connectivity index (χ1v) is 15.1. The molecule has 5 rings (SSSR count). The number of aryl methyl sites for hydroxylation is 1. The number of nitrogens with zero attached hydrogens (tertiary/aromatic N) is 1. The Hall–Kier alpha value is -4.12.